The fourth-order valence-corrected chi connectivity index (χ4v) is 4.97. The molecule has 1 saturated heterocycles. The first-order valence-corrected chi connectivity index (χ1v) is 9.31. The summed E-state index contributed by atoms with van der Waals surface area (Å²) in [5.41, 5.74) is 1.42. The van der Waals surface area contributed by atoms with E-state index in [1.165, 1.54) is 18.4 Å². The molecule has 1 heterocycles. The van der Waals surface area contributed by atoms with Gasteiger partial charge in [0, 0.05) is 12.6 Å². The summed E-state index contributed by atoms with van der Waals surface area (Å²) < 4.78 is 6.37. The molecule has 19 heavy (non-hydrogen) atoms. The highest BCUT2D eigenvalue weighted by Gasteiger charge is 2.29. The van der Waals surface area contributed by atoms with Gasteiger partial charge in [0.05, 0.1) is 0 Å². The third-order valence-corrected chi connectivity index (χ3v) is 7.26. The number of hydrogen-bond donors (Lipinski definition) is 1. The van der Waals surface area contributed by atoms with E-state index in [0.717, 1.165) is 19.2 Å². The fraction of sp³-hybridized carbons (Fsp3) is 0.625. The highest BCUT2D eigenvalue weighted by molar-refractivity contribution is 6.54. The Bertz CT molecular complexity index is 368. The van der Waals surface area contributed by atoms with Crippen LogP contribution in [-0.2, 0) is 10.5 Å². The van der Waals surface area contributed by atoms with Crippen LogP contribution in [0.2, 0.25) is 5.04 Å². The minimum absolute atomic E-state index is 0.314. The van der Waals surface area contributed by atoms with Gasteiger partial charge < -0.3 is 9.74 Å². The first-order valence-electron chi connectivity index (χ1n) is 7.44. The maximum Gasteiger partial charge on any atom is 0.186 e. The lowest BCUT2D eigenvalue weighted by molar-refractivity contribution is 0.263. The molecule has 1 unspecified atom stereocenters. The maximum absolute atomic E-state index is 6.37. The van der Waals surface area contributed by atoms with E-state index in [1.807, 2.05) is 0 Å². The molecule has 1 aliphatic rings. The molecule has 1 fully saturated rings. The summed E-state index contributed by atoms with van der Waals surface area (Å²) in [4.78, 5) is 0. The van der Waals surface area contributed by atoms with Crippen molar-refractivity contribution in [3.8, 4) is 0 Å². The van der Waals surface area contributed by atoms with Gasteiger partial charge in [0.1, 0.15) is 0 Å². The van der Waals surface area contributed by atoms with Crippen LogP contribution in [0.1, 0.15) is 39.2 Å². The second kappa shape index (κ2) is 6.68. The van der Waals surface area contributed by atoms with Crippen molar-refractivity contribution in [3.05, 3.63) is 35.9 Å². The van der Waals surface area contributed by atoms with Crippen LogP contribution in [0.3, 0.4) is 0 Å². The molecule has 3 heteroatoms. The van der Waals surface area contributed by atoms with Gasteiger partial charge in [-0.05, 0) is 36.0 Å². The van der Waals surface area contributed by atoms with Gasteiger partial charge in [-0.3, -0.25) is 0 Å². The summed E-state index contributed by atoms with van der Waals surface area (Å²) >= 11 is 0. The van der Waals surface area contributed by atoms with Gasteiger partial charge >= 0.3 is 0 Å². The van der Waals surface area contributed by atoms with Gasteiger partial charge in [-0.1, -0.05) is 51.1 Å². The van der Waals surface area contributed by atoms with Crippen LogP contribution in [0.15, 0.2) is 30.3 Å². The van der Waals surface area contributed by atoms with Crippen LogP contribution >= 0.6 is 0 Å². The molecule has 2 rings (SSSR count). The van der Waals surface area contributed by atoms with Crippen molar-refractivity contribution in [1.82, 2.24) is 5.32 Å². The van der Waals surface area contributed by atoms with E-state index < -0.39 is 9.04 Å². The summed E-state index contributed by atoms with van der Waals surface area (Å²) in [6, 6.07) is 12.5. The zero-order valence-corrected chi connectivity index (χ0v) is 13.6. The summed E-state index contributed by atoms with van der Waals surface area (Å²) in [5.74, 6) is 0. The van der Waals surface area contributed by atoms with Crippen LogP contribution in [0, 0.1) is 0 Å². The smallest absolute Gasteiger partial charge is 0.186 e. The molecule has 2 nitrogen and oxygen atoms in total. The number of hydrogen-bond acceptors (Lipinski definition) is 2. The third kappa shape index (κ3) is 4.75. The van der Waals surface area contributed by atoms with Crippen molar-refractivity contribution >= 4 is 9.04 Å². The Morgan fingerprint density at radius 3 is 2.58 bits per heavy atom. The summed E-state index contributed by atoms with van der Waals surface area (Å²) in [6.45, 7) is 9.05. The molecule has 0 saturated carbocycles. The molecule has 0 spiro atoms. The van der Waals surface area contributed by atoms with Crippen molar-refractivity contribution in [2.45, 2.75) is 50.7 Å². The van der Waals surface area contributed by atoms with Gasteiger partial charge in [-0.15, -0.1) is 0 Å². The molecule has 106 valence electrons. The van der Waals surface area contributed by atoms with E-state index in [4.69, 9.17) is 4.43 Å². The predicted octanol–water partition coefficient (Wildman–Crippen LogP) is 3.06. The van der Waals surface area contributed by atoms with E-state index in [0.29, 0.717) is 11.1 Å². The van der Waals surface area contributed by atoms with E-state index in [2.05, 4.69) is 56.4 Å². The average molecular weight is 277 g/mol. The number of benzene rings is 1. The standard InChI is InChI=1S/C16H27NOSi/c1-16(2,3)19(13-14-8-5-4-6-9-14)18-12-15-10-7-11-17-15/h4-6,8-9,15,17,19H,7,10-13H2,1-3H3/t15-,19?/m1/s1. The van der Waals surface area contributed by atoms with E-state index >= 15 is 0 Å². The number of nitrogens with one attached hydrogen (secondary N) is 1. The molecule has 0 aliphatic carbocycles. The minimum atomic E-state index is -1.24. The van der Waals surface area contributed by atoms with Crippen LogP contribution in [0.4, 0.5) is 0 Å². The molecule has 1 N–H and O–H groups in total. The molecule has 0 aromatic heterocycles. The topological polar surface area (TPSA) is 21.3 Å². The first-order chi connectivity index (χ1) is 9.05. The molecule has 1 aromatic carbocycles. The minimum Gasteiger partial charge on any atom is -0.418 e. The van der Waals surface area contributed by atoms with Crippen molar-refractivity contribution in [2.24, 2.45) is 0 Å². The van der Waals surface area contributed by atoms with E-state index in [1.54, 1.807) is 0 Å². The summed E-state index contributed by atoms with van der Waals surface area (Å²) in [5, 5.41) is 3.84. The Morgan fingerprint density at radius 2 is 2.00 bits per heavy atom. The lowest BCUT2D eigenvalue weighted by Crippen LogP contribution is -2.37. The second-order valence-corrected chi connectivity index (χ2v) is 10.1. The van der Waals surface area contributed by atoms with E-state index in [9.17, 15) is 0 Å². The van der Waals surface area contributed by atoms with Crippen molar-refractivity contribution in [1.29, 1.82) is 0 Å². The van der Waals surface area contributed by atoms with Crippen molar-refractivity contribution in [3.63, 3.8) is 0 Å². The second-order valence-electron chi connectivity index (χ2n) is 6.67. The molecule has 0 radical (unpaired) electrons. The summed E-state index contributed by atoms with van der Waals surface area (Å²) in [6.07, 6.45) is 2.57. The van der Waals surface area contributed by atoms with Gasteiger partial charge in [0.2, 0.25) is 0 Å². The molecule has 0 amide bonds. The Morgan fingerprint density at radius 1 is 1.26 bits per heavy atom. The highest BCUT2D eigenvalue weighted by atomic mass is 28.3. The van der Waals surface area contributed by atoms with Crippen LogP contribution in [0.5, 0.6) is 0 Å². The van der Waals surface area contributed by atoms with Gasteiger partial charge in [0.15, 0.2) is 9.04 Å². The molecular formula is C16H27NOSi. The van der Waals surface area contributed by atoms with Gasteiger partial charge in [-0.2, -0.15) is 0 Å². The molecule has 1 aromatic rings. The number of rotatable bonds is 5. The van der Waals surface area contributed by atoms with Crippen LogP contribution in [0.25, 0.3) is 0 Å². The average Bonchev–Trinajstić information content (AvgIpc) is 2.87. The summed E-state index contributed by atoms with van der Waals surface area (Å²) in [7, 11) is -1.24. The van der Waals surface area contributed by atoms with Crippen molar-refractivity contribution < 1.29 is 4.43 Å². The lowest BCUT2D eigenvalue weighted by atomic mass is 10.2. The largest absolute Gasteiger partial charge is 0.418 e. The Balaban J connectivity index is 1.92. The van der Waals surface area contributed by atoms with Crippen LogP contribution < -0.4 is 5.32 Å². The molecule has 2 atom stereocenters. The normalized spacial score (nSPS) is 21.5. The monoisotopic (exact) mass is 277 g/mol. The Kier molecular flexibility index (Phi) is 5.19. The van der Waals surface area contributed by atoms with Gasteiger partial charge in [0.25, 0.3) is 0 Å². The lowest BCUT2D eigenvalue weighted by Gasteiger charge is -2.30. The zero-order valence-electron chi connectivity index (χ0n) is 12.5. The van der Waals surface area contributed by atoms with E-state index in [-0.39, 0.29) is 0 Å². The Labute approximate surface area is 119 Å². The first kappa shape index (κ1) is 14.8. The third-order valence-electron chi connectivity index (χ3n) is 3.89. The molecule has 0 bridgehead atoms. The van der Waals surface area contributed by atoms with Crippen LogP contribution in [-0.4, -0.2) is 28.2 Å². The quantitative estimate of drug-likeness (QED) is 0.835. The Hall–Kier alpha value is -0.643. The predicted molar refractivity (Wildman–Crippen MR) is 84.0 cm³/mol. The van der Waals surface area contributed by atoms with Gasteiger partial charge in [-0.25, -0.2) is 0 Å². The van der Waals surface area contributed by atoms with Crippen molar-refractivity contribution in [2.75, 3.05) is 13.2 Å². The molecule has 1 aliphatic heterocycles. The SMILES string of the molecule is CC(C)(C)[SiH](Cc1ccccc1)OC[C@H]1CCCN1. The highest BCUT2D eigenvalue weighted by Crippen LogP contribution is 2.30. The zero-order chi connectivity index (χ0) is 13.7. The molecular weight excluding hydrogens is 250 g/mol. The fourth-order valence-electron chi connectivity index (χ4n) is 2.57. The maximum atomic E-state index is 6.37.